The third-order valence-corrected chi connectivity index (χ3v) is 4.16. The van der Waals surface area contributed by atoms with Crippen LogP contribution in [-0.4, -0.2) is 31.6 Å². The Morgan fingerprint density at radius 2 is 2.00 bits per heavy atom. The number of ether oxygens (including phenoxy) is 3. The van der Waals surface area contributed by atoms with Crippen LogP contribution in [0.25, 0.3) is 0 Å². The average Bonchev–Trinajstić information content (AvgIpc) is 2.93. The van der Waals surface area contributed by atoms with Crippen molar-refractivity contribution in [3.05, 3.63) is 24.0 Å². The van der Waals surface area contributed by atoms with Crippen molar-refractivity contribution in [2.75, 3.05) is 25.1 Å². The molecule has 1 aliphatic heterocycles. The van der Waals surface area contributed by atoms with Gasteiger partial charge in [0.25, 0.3) is 0 Å². The van der Waals surface area contributed by atoms with Gasteiger partial charge in [-0.15, -0.1) is 0 Å². The van der Waals surface area contributed by atoms with E-state index < -0.39 is 0 Å². The van der Waals surface area contributed by atoms with E-state index in [4.69, 9.17) is 14.2 Å². The molecule has 1 N–H and O–H groups in total. The van der Waals surface area contributed by atoms with Gasteiger partial charge in [-0.2, -0.15) is 0 Å². The van der Waals surface area contributed by atoms with Gasteiger partial charge in [-0.1, -0.05) is 0 Å². The molecule has 1 heterocycles. The minimum absolute atomic E-state index is 0.304. The van der Waals surface area contributed by atoms with Gasteiger partial charge in [0, 0.05) is 30.6 Å². The summed E-state index contributed by atoms with van der Waals surface area (Å²) in [7, 11) is 0. The molecule has 1 aliphatic carbocycles. The summed E-state index contributed by atoms with van der Waals surface area (Å²) in [5, 5.41) is 3.39. The first kappa shape index (κ1) is 14.6. The number of halogens is 1. The van der Waals surface area contributed by atoms with Crippen molar-refractivity contribution in [1.82, 2.24) is 0 Å². The molecule has 1 aromatic rings. The number of anilines is 1. The monoisotopic (exact) mass is 295 g/mol. The van der Waals surface area contributed by atoms with Gasteiger partial charge in [0.05, 0.1) is 19.8 Å². The van der Waals surface area contributed by atoms with Crippen LogP contribution in [0.3, 0.4) is 0 Å². The molecule has 0 bridgehead atoms. The topological polar surface area (TPSA) is 39.7 Å². The second-order valence-electron chi connectivity index (χ2n) is 5.60. The Labute approximate surface area is 124 Å². The van der Waals surface area contributed by atoms with E-state index in [9.17, 15) is 4.39 Å². The molecule has 3 rings (SSSR count). The smallest absolute Gasteiger partial charge is 0.168 e. The minimum Gasteiger partial charge on any atom is -0.491 e. The van der Waals surface area contributed by atoms with Gasteiger partial charge >= 0.3 is 0 Å². The second kappa shape index (κ2) is 6.20. The fourth-order valence-electron chi connectivity index (χ4n) is 3.09. The number of benzene rings is 1. The van der Waals surface area contributed by atoms with Crippen LogP contribution in [0, 0.1) is 5.82 Å². The molecule has 0 atom stereocenters. The standard InChI is InChI=1S/C16H22FNO3/c1-2-19-15-4-3-13(11-14(15)17)18-12-5-7-16(8-6-12)20-9-10-21-16/h3-4,11-12,18H,2,5-10H2,1H3. The molecule has 0 aromatic heterocycles. The summed E-state index contributed by atoms with van der Waals surface area (Å²) in [6.45, 7) is 3.70. The van der Waals surface area contributed by atoms with E-state index in [-0.39, 0.29) is 11.6 Å². The maximum absolute atomic E-state index is 13.8. The third kappa shape index (κ3) is 3.30. The van der Waals surface area contributed by atoms with Crippen molar-refractivity contribution in [3.63, 3.8) is 0 Å². The molecular weight excluding hydrogens is 273 g/mol. The zero-order valence-corrected chi connectivity index (χ0v) is 12.4. The Morgan fingerprint density at radius 1 is 1.29 bits per heavy atom. The summed E-state index contributed by atoms with van der Waals surface area (Å²) in [5.41, 5.74) is 0.796. The zero-order chi connectivity index (χ0) is 14.7. The van der Waals surface area contributed by atoms with E-state index in [0.717, 1.165) is 31.4 Å². The molecule has 1 aromatic carbocycles. The van der Waals surface area contributed by atoms with Crippen molar-refractivity contribution < 1.29 is 18.6 Å². The lowest BCUT2D eigenvalue weighted by Crippen LogP contribution is -2.39. The Bertz CT molecular complexity index is 478. The highest BCUT2D eigenvalue weighted by Gasteiger charge is 2.40. The molecule has 4 nitrogen and oxygen atoms in total. The van der Waals surface area contributed by atoms with Crippen LogP contribution in [0.4, 0.5) is 10.1 Å². The maximum Gasteiger partial charge on any atom is 0.168 e. The van der Waals surface area contributed by atoms with E-state index in [1.54, 1.807) is 6.07 Å². The molecule has 5 heteroatoms. The third-order valence-electron chi connectivity index (χ3n) is 4.16. The Kier molecular flexibility index (Phi) is 4.31. The van der Waals surface area contributed by atoms with Crippen LogP contribution in [0.15, 0.2) is 18.2 Å². The summed E-state index contributed by atoms with van der Waals surface area (Å²) in [6.07, 6.45) is 3.72. The highest BCUT2D eigenvalue weighted by molar-refractivity contribution is 5.48. The fraction of sp³-hybridized carbons (Fsp3) is 0.625. The predicted molar refractivity (Wildman–Crippen MR) is 78.1 cm³/mol. The number of rotatable bonds is 4. The number of nitrogens with one attached hydrogen (secondary N) is 1. The lowest BCUT2D eigenvalue weighted by molar-refractivity contribution is -0.177. The molecule has 0 amide bonds. The van der Waals surface area contributed by atoms with Crippen LogP contribution in [-0.2, 0) is 9.47 Å². The van der Waals surface area contributed by atoms with E-state index in [0.29, 0.717) is 31.6 Å². The summed E-state index contributed by atoms with van der Waals surface area (Å²) < 4.78 is 30.5. The van der Waals surface area contributed by atoms with Gasteiger partial charge in [-0.25, -0.2) is 4.39 Å². The molecule has 1 spiro atoms. The first-order valence-electron chi connectivity index (χ1n) is 7.67. The van der Waals surface area contributed by atoms with Gasteiger partial charge in [0.1, 0.15) is 0 Å². The van der Waals surface area contributed by atoms with Gasteiger partial charge in [-0.05, 0) is 31.9 Å². The number of hydrogen-bond donors (Lipinski definition) is 1. The van der Waals surface area contributed by atoms with E-state index >= 15 is 0 Å². The summed E-state index contributed by atoms with van der Waals surface area (Å²) in [5.74, 6) is -0.364. The van der Waals surface area contributed by atoms with Crippen molar-refractivity contribution in [3.8, 4) is 5.75 Å². The minimum atomic E-state index is -0.345. The van der Waals surface area contributed by atoms with Crippen LogP contribution < -0.4 is 10.1 Å². The van der Waals surface area contributed by atoms with E-state index in [1.807, 2.05) is 13.0 Å². The molecule has 0 unspecified atom stereocenters. The molecule has 21 heavy (non-hydrogen) atoms. The maximum atomic E-state index is 13.8. The second-order valence-corrected chi connectivity index (χ2v) is 5.60. The Balaban J connectivity index is 1.56. The van der Waals surface area contributed by atoms with Gasteiger partial charge < -0.3 is 19.5 Å². The lowest BCUT2D eigenvalue weighted by Gasteiger charge is -2.36. The molecular formula is C16H22FNO3. The lowest BCUT2D eigenvalue weighted by atomic mass is 9.90. The van der Waals surface area contributed by atoms with Gasteiger partial charge in [-0.3, -0.25) is 0 Å². The molecule has 2 fully saturated rings. The van der Waals surface area contributed by atoms with E-state index in [1.165, 1.54) is 6.07 Å². The first-order valence-corrected chi connectivity index (χ1v) is 7.67. The SMILES string of the molecule is CCOc1ccc(NC2CCC3(CC2)OCCO3)cc1F. The summed E-state index contributed by atoms with van der Waals surface area (Å²) in [4.78, 5) is 0. The van der Waals surface area contributed by atoms with Crippen LogP contribution >= 0.6 is 0 Å². The molecule has 0 radical (unpaired) electrons. The zero-order valence-electron chi connectivity index (χ0n) is 12.4. The quantitative estimate of drug-likeness (QED) is 0.925. The highest BCUT2D eigenvalue weighted by Crippen LogP contribution is 2.36. The molecule has 116 valence electrons. The highest BCUT2D eigenvalue weighted by atomic mass is 19.1. The van der Waals surface area contributed by atoms with Gasteiger partial charge in [0.2, 0.25) is 0 Å². The summed E-state index contributed by atoms with van der Waals surface area (Å²) >= 11 is 0. The molecule has 2 aliphatic rings. The fourth-order valence-corrected chi connectivity index (χ4v) is 3.09. The van der Waals surface area contributed by atoms with E-state index in [2.05, 4.69) is 5.32 Å². The Morgan fingerprint density at radius 3 is 2.62 bits per heavy atom. The van der Waals surface area contributed by atoms with Gasteiger partial charge in [0.15, 0.2) is 17.4 Å². The Hall–Kier alpha value is -1.33. The van der Waals surface area contributed by atoms with Crippen LogP contribution in [0.1, 0.15) is 32.6 Å². The predicted octanol–water partition coefficient (Wildman–Crippen LogP) is 3.32. The summed E-state index contributed by atoms with van der Waals surface area (Å²) in [6, 6.07) is 5.37. The normalized spacial score (nSPS) is 21.6. The van der Waals surface area contributed by atoms with Crippen LogP contribution in [0.5, 0.6) is 5.75 Å². The number of hydrogen-bond acceptors (Lipinski definition) is 4. The average molecular weight is 295 g/mol. The largest absolute Gasteiger partial charge is 0.491 e. The molecule has 1 saturated carbocycles. The van der Waals surface area contributed by atoms with Crippen molar-refractivity contribution in [2.24, 2.45) is 0 Å². The van der Waals surface area contributed by atoms with Crippen molar-refractivity contribution in [1.29, 1.82) is 0 Å². The molecule has 1 saturated heterocycles. The van der Waals surface area contributed by atoms with Crippen LogP contribution in [0.2, 0.25) is 0 Å². The first-order chi connectivity index (χ1) is 10.2. The van der Waals surface area contributed by atoms with Crippen molar-refractivity contribution in [2.45, 2.75) is 44.4 Å². The van der Waals surface area contributed by atoms with Crippen molar-refractivity contribution >= 4 is 5.69 Å².